The maximum atomic E-state index is 6.02. The van der Waals surface area contributed by atoms with Crippen molar-refractivity contribution in [1.29, 1.82) is 0 Å². The van der Waals surface area contributed by atoms with Crippen molar-refractivity contribution in [3.63, 3.8) is 0 Å². The summed E-state index contributed by atoms with van der Waals surface area (Å²) in [5.41, 5.74) is 1.27. The van der Waals surface area contributed by atoms with Gasteiger partial charge in [0.1, 0.15) is 0 Å². The van der Waals surface area contributed by atoms with Crippen LogP contribution in [0, 0.1) is 0 Å². The summed E-state index contributed by atoms with van der Waals surface area (Å²) in [6.45, 7) is 2.40. The van der Waals surface area contributed by atoms with Gasteiger partial charge in [0.2, 0.25) is 0 Å². The first-order valence-corrected chi connectivity index (χ1v) is 8.84. The van der Waals surface area contributed by atoms with Crippen LogP contribution in [0.4, 0.5) is 0 Å². The fourth-order valence-corrected chi connectivity index (χ4v) is 3.16. The fourth-order valence-electron chi connectivity index (χ4n) is 3.16. The monoisotopic (exact) mass is 320 g/mol. The third-order valence-corrected chi connectivity index (χ3v) is 4.56. The molecule has 0 radical (unpaired) electrons. The summed E-state index contributed by atoms with van der Waals surface area (Å²) in [5.74, 6) is 0.913. The summed E-state index contributed by atoms with van der Waals surface area (Å²) in [7, 11) is 5.96. The fraction of sp³-hybridized carbons (Fsp3) is 0.722. The van der Waals surface area contributed by atoms with Crippen LogP contribution < -0.4 is 5.32 Å². The highest BCUT2D eigenvalue weighted by Crippen LogP contribution is 2.19. The molecule has 5 heteroatoms. The molecule has 2 rings (SSSR count). The van der Waals surface area contributed by atoms with Gasteiger partial charge >= 0.3 is 0 Å². The van der Waals surface area contributed by atoms with Crippen molar-refractivity contribution in [3.8, 4) is 0 Å². The molecule has 0 atom stereocenters. The van der Waals surface area contributed by atoms with Gasteiger partial charge < -0.3 is 19.5 Å². The Morgan fingerprint density at radius 1 is 1.35 bits per heavy atom. The summed E-state index contributed by atoms with van der Waals surface area (Å²) in [6.07, 6.45) is 10.4. The Hall–Kier alpha value is -1.49. The molecule has 1 N–H and O–H groups in total. The van der Waals surface area contributed by atoms with Crippen molar-refractivity contribution < 1.29 is 4.74 Å². The number of hydrogen-bond acceptors (Lipinski definition) is 2. The van der Waals surface area contributed by atoms with Gasteiger partial charge in [-0.2, -0.15) is 0 Å². The zero-order valence-electron chi connectivity index (χ0n) is 14.9. The first-order chi connectivity index (χ1) is 11.2. The zero-order chi connectivity index (χ0) is 16.5. The van der Waals surface area contributed by atoms with Gasteiger partial charge in [0.15, 0.2) is 5.96 Å². The number of aromatic nitrogens is 1. The summed E-state index contributed by atoms with van der Waals surface area (Å²) in [5, 5.41) is 3.40. The maximum absolute atomic E-state index is 6.02. The second kappa shape index (κ2) is 9.60. The van der Waals surface area contributed by atoms with Crippen LogP contribution in [0.2, 0.25) is 0 Å². The van der Waals surface area contributed by atoms with Crippen molar-refractivity contribution in [2.75, 3.05) is 27.2 Å². The molecule has 1 aromatic rings. The maximum Gasteiger partial charge on any atom is 0.193 e. The lowest BCUT2D eigenvalue weighted by molar-refractivity contribution is 0.0466. The lowest BCUT2D eigenvalue weighted by Gasteiger charge is -2.23. The first-order valence-electron chi connectivity index (χ1n) is 8.84. The van der Waals surface area contributed by atoms with E-state index in [2.05, 4.69) is 52.2 Å². The molecule has 0 aliphatic heterocycles. The van der Waals surface area contributed by atoms with Crippen LogP contribution >= 0.6 is 0 Å². The molecule has 0 spiro atoms. The third-order valence-electron chi connectivity index (χ3n) is 4.56. The SMILES string of the molecule is CN=C(NCCOC1CCCCCC1)N(C)Cc1cccn1C. The molecule has 130 valence electrons. The lowest BCUT2D eigenvalue weighted by atomic mass is 10.1. The molecular formula is C18H32N4O. The standard InChI is InChI=1S/C18H32N4O/c1-19-18(22(3)15-16-9-8-13-21(16)2)20-12-14-23-17-10-6-4-5-7-11-17/h8-9,13,17H,4-7,10-12,14-15H2,1-3H3,(H,19,20). The average molecular weight is 320 g/mol. The molecule has 0 saturated heterocycles. The van der Waals surface area contributed by atoms with E-state index in [1.54, 1.807) is 0 Å². The van der Waals surface area contributed by atoms with E-state index in [0.717, 1.165) is 25.7 Å². The summed E-state index contributed by atoms with van der Waals surface area (Å²) in [6, 6.07) is 4.21. The Balaban J connectivity index is 1.69. The Labute approximate surface area is 140 Å². The normalized spacial score (nSPS) is 17.1. The minimum absolute atomic E-state index is 0.461. The van der Waals surface area contributed by atoms with Gasteiger partial charge in [0, 0.05) is 39.6 Å². The Morgan fingerprint density at radius 3 is 2.70 bits per heavy atom. The van der Waals surface area contributed by atoms with Crippen molar-refractivity contribution in [2.45, 2.75) is 51.2 Å². The highest BCUT2D eigenvalue weighted by atomic mass is 16.5. The van der Waals surface area contributed by atoms with E-state index in [4.69, 9.17) is 4.74 Å². The third kappa shape index (κ3) is 5.90. The molecule has 1 aliphatic carbocycles. The molecule has 1 saturated carbocycles. The van der Waals surface area contributed by atoms with E-state index in [-0.39, 0.29) is 0 Å². The number of rotatable bonds is 6. The second-order valence-corrected chi connectivity index (χ2v) is 6.42. The van der Waals surface area contributed by atoms with Crippen molar-refractivity contribution in [2.24, 2.45) is 12.0 Å². The van der Waals surface area contributed by atoms with Crippen molar-refractivity contribution in [3.05, 3.63) is 24.0 Å². The van der Waals surface area contributed by atoms with Gasteiger partial charge in [-0.1, -0.05) is 25.7 Å². The van der Waals surface area contributed by atoms with E-state index in [9.17, 15) is 0 Å². The minimum Gasteiger partial charge on any atom is -0.376 e. The topological polar surface area (TPSA) is 41.8 Å². The zero-order valence-corrected chi connectivity index (χ0v) is 14.9. The molecule has 5 nitrogen and oxygen atoms in total. The molecule has 1 aromatic heterocycles. The Morgan fingerprint density at radius 2 is 2.09 bits per heavy atom. The predicted octanol–water partition coefficient (Wildman–Crippen LogP) is 2.77. The average Bonchev–Trinajstić information content (AvgIpc) is 2.78. The van der Waals surface area contributed by atoms with Gasteiger partial charge in [-0.05, 0) is 25.0 Å². The number of ether oxygens (including phenoxy) is 1. The van der Waals surface area contributed by atoms with E-state index in [0.29, 0.717) is 6.10 Å². The van der Waals surface area contributed by atoms with Crippen LogP contribution in [0.3, 0.4) is 0 Å². The molecule has 0 bridgehead atoms. The van der Waals surface area contributed by atoms with Crippen molar-refractivity contribution in [1.82, 2.24) is 14.8 Å². The predicted molar refractivity (Wildman–Crippen MR) is 95.7 cm³/mol. The smallest absolute Gasteiger partial charge is 0.193 e. The van der Waals surface area contributed by atoms with Crippen LogP contribution in [0.25, 0.3) is 0 Å². The minimum atomic E-state index is 0.461. The highest BCUT2D eigenvalue weighted by molar-refractivity contribution is 5.79. The van der Waals surface area contributed by atoms with Crippen LogP contribution in [-0.2, 0) is 18.3 Å². The molecule has 1 heterocycles. The van der Waals surface area contributed by atoms with Gasteiger partial charge in [-0.25, -0.2) is 0 Å². The van der Waals surface area contributed by atoms with E-state index < -0.39 is 0 Å². The van der Waals surface area contributed by atoms with Crippen LogP contribution in [-0.4, -0.2) is 48.8 Å². The second-order valence-electron chi connectivity index (χ2n) is 6.42. The molecule has 0 amide bonds. The Bertz CT molecular complexity index is 475. The van der Waals surface area contributed by atoms with E-state index >= 15 is 0 Å². The van der Waals surface area contributed by atoms with Crippen molar-refractivity contribution >= 4 is 5.96 Å². The van der Waals surface area contributed by atoms with Crippen LogP contribution in [0.5, 0.6) is 0 Å². The number of guanidine groups is 1. The van der Waals surface area contributed by atoms with Gasteiger partial charge in [-0.15, -0.1) is 0 Å². The number of nitrogens with one attached hydrogen (secondary N) is 1. The molecular weight excluding hydrogens is 288 g/mol. The van der Waals surface area contributed by atoms with Gasteiger partial charge in [0.25, 0.3) is 0 Å². The molecule has 0 unspecified atom stereocenters. The molecule has 0 aromatic carbocycles. The molecule has 23 heavy (non-hydrogen) atoms. The quantitative estimate of drug-likeness (QED) is 0.379. The number of aryl methyl sites for hydroxylation is 1. The molecule has 1 fully saturated rings. The highest BCUT2D eigenvalue weighted by Gasteiger charge is 2.12. The summed E-state index contributed by atoms with van der Waals surface area (Å²) in [4.78, 5) is 6.50. The lowest BCUT2D eigenvalue weighted by Crippen LogP contribution is -2.40. The number of aliphatic imine (C=N–C) groups is 1. The Kier molecular flexibility index (Phi) is 7.46. The summed E-state index contributed by atoms with van der Waals surface area (Å²) < 4.78 is 8.16. The van der Waals surface area contributed by atoms with Crippen LogP contribution in [0.1, 0.15) is 44.2 Å². The largest absolute Gasteiger partial charge is 0.376 e. The number of nitrogens with zero attached hydrogens (tertiary/aromatic N) is 3. The summed E-state index contributed by atoms with van der Waals surface area (Å²) >= 11 is 0. The van der Waals surface area contributed by atoms with E-state index in [1.165, 1.54) is 44.2 Å². The molecule has 1 aliphatic rings. The first kappa shape index (κ1) is 17.9. The number of hydrogen-bond donors (Lipinski definition) is 1. The van der Waals surface area contributed by atoms with Crippen LogP contribution in [0.15, 0.2) is 23.3 Å². The van der Waals surface area contributed by atoms with Gasteiger partial charge in [0.05, 0.1) is 19.3 Å². The van der Waals surface area contributed by atoms with E-state index in [1.807, 2.05) is 7.05 Å². The van der Waals surface area contributed by atoms with Gasteiger partial charge in [-0.3, -0.25) is 4.99 Å².